The van der Waals surface area contributed by atoms with Gasteiger partial charge in [0.05, 0.1) is 9.85 Å². The van der Waals surface area contributed by atoms with Crippen molar-refractivity contribution in [3.05, 3.63) is 74.3 Å². The predicted octanol–water partition coefficient (Wildman–Crippen LogP) is 3.19. The molecular weight excluding hydrogens is 532 g/mol. The molecular formula is C28H40N6O7. The van der Waals surface area contributed by atoms with Crippen LogP contribution in [0.15, 0.2) is 48.5 Å². The zero-order valence-electron chi connectivity index (χ0n) is 24.1. The fourth-order valence-electron chi connectivity index (χ4n) is 4.52. The summed E-state index contributed by atoms with van der Waals surface area (Å²) in [6.45, 7) is 4.13. The Bertz CT molecular complexity index is 1110. The minimum absolute atomic E-state index is 0.00728. The van der Waals surface area contributed by atoms with Gasteiger partial charge < -0.3 is 24.8 Å². The summed E-state index contributed by atoms with van der Waals surface area (Å²) in [7, 11) is 8.43. The Morgan fingerprint density at radius 2 is 1.27 bits per heavy atom. The molecule has 0 unspecified atom stereocenters. The van der Waals surface area contributed by atoms with Crippen molar-refractivity contribution < 1.29 is 24.2 Å². The molecule has 2 aromatic carbocycles. The Morgan fingerprint density at radius 3 is 1.66 bits per heavy atom. The van der Waals surface area contributed by atoms with Crippen LogP contribution >= 0.6 is 0 Å². The summed E-state index contributed by atoms with van der Waals surface area (Å²) in [5, 5.41) is 24.1. The first kappa shape index (κ1) is 33.3. The molecule has 2 fully saturated rings. The molecule has 2 saturated heterocycles. The zero-order chi connectivity index (χ0) is 30.4. The van der Waals surface area contributed by atoms with Crippen molar-refractivity contribution in [2.24, 2.45) is 0 Å². The fraction of sp³-hybridized carbons (Fsp3) is 0.500. The first-order chi connectivity index (χ1) is 19.5. The number of nitrogens with one attached hydrogen (secondary N) is 1. The Labute approximate surface area is 240 Å². The molecule has 13 nitrogen and oxygen atoms in total. The van der Waals surface area contributed by atoms with Gasteiger partial charge in [-0.1, -0.05) is 0 Å². The summed E-state index contributed by atoms with van der Waals surface area (Å²) < 4.78 is 4.44. The molecule has 0 atom stereocenters. The number of nitro groups is 2. The van der Waals surface area contributed by atoms with Crippen LogP contribution in [0, 0.1) is 20.2 Å². The average molecular weight is 573 g/mol. The van der Waals surface area contributed by atoms with E-state index in [2.05, 4.69) is 48.0 Å². The van der Waals surface area contributed by atoms with Crippen molar-refractivity contribution in [2.75, 3.05) is 54.4 Å². The summed E-state index contributed by atoms with van der Waals surface area (Å²) in [4.78, 5) is 48.2. The Morgan fingerprint density at radius 1 is 0.829 bits per heavy atom. The number of hydrogen-bond acceptors (Lipinski definition) is 10. The van der Waals surface area contributed by atoms with E-state index < -0.39 is 9.85 Å². The first-order valence-electron chi connectivity index (χ1n) is 13.5. The van der Waals surface area contributed by atoms with Crippen molar-refractivity contribution in [3.8, 4) is 5.75 Å². The molecule has 224 valence electrons. The number of carbonyl (C=O) groups excluding carboxylic acids is 2. The van der Waals surface area contributed by atoms with E-state index in [0.717, 1.165) is 32.0 Å². The summed E-state index contributed by atoms with van der Waals surface area (Å²) in [5.41, 5.74) is 0.486. The highest BCUT2D eigenvalue weighted by Crippen LogP contribution is 2.19. The normalized spacial score (nSPS) is 15.7. The molecule has 0 spiro atoms. The fourth-order valence-corrected chi connectivity index (χ4v) is 4.52. The lowest BCUT2D eigenvalue weighted by Gasteiger charge is -2.35. The lowest BCUT2D eigenvalue weighted by Crippen LogP contribution is -2.44. The number of piperidine rings is 2. The molecule has 1 amide bonds. The molecule has 0 aliphatic carbocycles. The van der Waals surface area contributed by atoms with Crippen LogP contribution in [-0.2, 0) is 4.79 Å². The van der Waals surface area contributed by atoms with Gasteiger partial charge in [0, 0.05) is 55.0 Å². The predicted molar refractivity (Wildman–Crippen MR) is 155 cm³/mol. The smallest absolute Gasteiger partial charge is 0.298 e. The van der Waals surface area contributed by atoms with Crippen LogP contribution in [0.3, 0.4) is 0 Å². The summed E-state index contributed by atoms with van der Waals surface area (Å²) in [5.74, 6) is 0.243. The second-order valence-corrected chi connectivity index (χ2v) is 10.2. The Kier molecular flexibility index (Phi) is 13.8. The molecule has 4 rings (SSSR count). The van der Waals surface area contributed by atoms with Gasteiger partial charge >= 0.3 is 0 Å². The minimum atomic E-state index is -0.523. The largest absolute Gasteiger partial charge is 0.429 e. The van der Waals surface area contributed by atoms with Crippen LogP contribution in [0.5, 0.6) is 5.75 Å². The molecule has 41 heavy (non-hydrogen) atoms. The second kappa shape index (κ2) is 17.0. The summed E-state index contributed by atoms with van der Waals surface area (Å²) in [6, 6.07) is 12.4. The zero-order valence-corrected chi connectivity index (χ0v) is 24.1. The van der Waals surface area contributed by atoms with Gasteiger partial charge in [-0.15, -0.1) is 0 Å². The van der Waals surface area contributed by atoms with E-state index in [9.17, 15) is 29.8 Å². The maximum Gasteiger partial charge on any atom is 0.298 e. The molecule has 0 saturated carbocycles. The molecule has 0 bridgehead atoms. The van der Waals surface area contributed by atoms with Crippen molar-refractivity contribution in [1.29, 1.82) is 0 Å². The molecule has 2 aromatic rings. The maximum absolute atomic E-state index is 12.3. The van der Waals surface area contributed by atoms with Gasteiger partial charge in [-0.25, -0.2) is 0 Å². The van der Waals surface area contributed by atoms with E-state index in [1.807, 2.05) is 4.90 Å². The van der Waals surface area contributed by atoms with E-state index in [1.54, 1.807) is 0 Å². The summed E-state index contributed by atoms with van der Waals surface area (Å²) in [6.07, 6.45) is 4.55. The van der Waals surface area contributed by atoms with E-state index in [1.165, 1.54) is 74.5 Å². The molecule has 2 heterocycles. The van der Waals surface area contributed by atoms with Crippen LogP contribution in [-0.4, -0.2) is 103 Å². The molecule has 1 N–H and O–H groups in total. The van der Waals surface area contributed by atoms with Gasteiger partial charge in [-0.2, -0.15) is 0 Å². The maximum atomic E-state index is 12.3. The SMILES string of the molecule is CN(C)C1CCN(C(=O)c2ccc([N+](=O)[O-])cc2)CC1.CN(C)C1CCNCC1.O=COc1ccc([N+](=O)[O-])cc1. The van der Waals surface area contributed by atoms with Crippen LogP contribution < -0.4 is 10.1 Å². The topological polar surface area (TPSA) is 151 Å². The van der Waals surface area contributed by atoms with Crippen molar-refractivity contribution >= 4 is 23.8 Å². The van der Waals surface area contributed by atoms with Gasteiger partial charge in [0.15, 0.2) is 0 Å². The van der Waals surface area contributed by atoms with E-state index in [0.29, 0.717) is 11.6 Å². The molecule has 13 heteroatoms. The number of hydrogen-bond donors (Lipinski definition) is 1. The van der Waals surface area contributed by atoms with E-state index >= 15 is 0 Å². The van der Waals surface area contributed by atoms with Crippen molar-refractivity contribution in [2.45, 2.75) is 37.8 Å². The number of amides is 1. The minimum Gasteiger partial charge on any atom is -0.429 e. The van der Waals surface area contributed by atoms with E-state index in [-0.39, 0.29) is 29.5 Å². The monoisotopic (exact) mass is 572 g/mol. The Balaban J connectivity index is 0.000000237. The number of nitrogens with zero attached hydrogens (tertiary/aromatic N) is 5. The Hall–Kier alpha value is -3.94. The number of nitro benzene ring substituents is 2. The number of likely N-dealkylation sites (tertiary alicyclic amines) is 1. The van der Waals surface area contributed by atoms with Crippen LogP contribution in [0.2, 0.25) is 0 Å². The second-order valence-electron chi connectivity index (χ2n) is 10.2. The lowest BCUT2D eigenvalue weighted by atomic mass is 10.0. The molecule has 2 aliphatic heterocycles. The van der Waals surface area contributed by atoms with Crippen LogP contribution in [0.4, 0.5) is 11.4 Å². The molecule has 0 aromatic heterocycles. The highest BCUT2D eigenvalue weighted by molar-refractivity contribution is 5.94. The average Bonchev–Trinajstić information content (AvgIpc) is 2.98. The highest BCUT2D eigenvalue weighted by atomic mass is 16.6. The number of non-ortho nitro benzene ring substituents is 2. The third-order valence-corrected chi connectivity index (χ3v) is 7.08. The van der Waals surface area contributed by atoms with Gasteiger partial charge in [0.2, 0.25) is 0 Å². The third-order valence-electron chi connectivity index (χ3n) is 7.08. The summed E-state index contributed by atoms with van der Waals surface area (Å²) >= 11 is 0. The number of rotatable bonds is 7. The molecule has 0 radical (unpaired) electrons. The number of carbonyl (C=O) groups is 2. The van der Waals surface area contributed by atoms with Gasteiger partial charge in [0.25, 0.3) is 23.8 Å². The standard InChI is InChI=1S/C14H19N3O3.C7H16N2.C7H5NO4/c1-15(2)12-7-9-16(10-8-12)14(18)11-3-5-13(6-4-11)17(19)20;1-9(2)7-3-5-8-6-4-7;9-5-12-7-3-1-6(2-4-7)8(10)11/h3-6,12H,7-10H2,1-2H3;7-8H,3-6H2,1-2H3;1-5H. The molecule has 2 aliphatic rings. The number of benzene rings is 2. The van der Waals surface area contributed by atoms with Crippen molar-refractivity contribution in [3.63, 3.8) is 0 Å². The van der Waals surface area contributed by atoms with Crippen LogP contribution in [0.1, 0.15) is 36.0 Å². The van der Waals surface area contributed by atoms with Gasteiger partial charge in [-0.05, 0) is 91.2 Å². The highest BCUT2D eigenvalue weighted by Gasteiger charge is 2.24. The third kappa shape index (κ3) is 11.2. The van der Waals surface area contributed by atoms with Gasteiger partial charge in [0.1, 0.15) is 5.75 Å². The van der Waals surface area contributed by atoms with E-state index in [4.69, 9.17) is 0 Å². The first-order valence-corrected chi connectivity index (χ1v) is 13.5. The van der Waals surface area contributed by atoms with Crippen LogP contribution in [0.25, 0.3) is 0 Å². The van der Waals surface area contributed by atoms with Crippen molar-refractivity contribution in [1.82, 2.24) is 20.0 Å². The lowest BCUT2D eigenvalue weighted by molar-refractivity contribution is -0.385. The quantitative estimate of drug-likeness (QED) is 0.297. The van der Waals surface area contributed by atoms with Gasteiger partial charge in [-0.3, -0.25) is 29.8 Å². The number of ether oxygens (including phenoxy) is 1.